The molecule has 1 aromatic rings. The summed E-state index contributed by atoms with van der Waals surface area (Å²) in [6.07, 6.45) is 0. The van der Waals surface area contributed by atoms with Gasteiger partial charge in [0.1, 0.15) is 11.4 Å². The number of ether oxygens (including phenoxy) is 1. The molecule has 0 aliphatic heterocycles. The lowest BCUT2D eigenvalue weighted by molar-refractivity contribution is -0.0906. The van der Waals surface area contributed by atoms with Crippen LogP contribution in [0, 0.1) is 0 Å². The zero-order valence-electron chi connectivity index (χ0n) is 9.24. The minimum Gasteiger partial charge on any atom is -0.485 e. The molecule has 0 aromatic heterocycles. The van der Waals surface area contributed by atoms with Gasteiger partial charge in [0, 0.05) is 0 Å². The van der Waals surface area contributed by atoms with E-state index in [0.29, 0.717) is 0 Å². The van der Waals surface area contributed by atoms with E-state index in [4.69, 9.17) is 4.74 Å². The first kappa shape index (κ1) is 14.0. The Bertz CT molecular complexity index is 288. The molecule has 0 saturated heterocycles. The van der Waals surface area contributed by atoms with E-state index in [1.165, 1.54) is 0 Å². The van der Waals surface area contributed by atoms with Crippen molar-refractivity contribution in [3.05, 3.63) is 30.3 Å². The highest BCUT2D eigenvalue weighted by Gasteiger charge is 2.37. The van der Waals surface area contributed by atoms with E-state index in [0.717, 1.165) is 5.75 Å². The van der Waals surface area contributed by atoms with Crippen LogP contribution in [-0.2, 0) is 0 Å². The highest BCUT2D eigenvalue weighted by atomic mass is 16.5. The second-order valence-corrected chi connectivity index (χ2v) is 4.48. The molecule has 2 nitrogen and oxygen atoms in total. The maximum Gasteiger partial charge on any atom is 0.131 e. The molecule has 0 amide bonds. The molecule has 0 radical (unpaired) electrons. The maximum atomic E-state index is 9.88. The summed E-state index contributed by atoms with van der Waals surface area (Å²) in [7, 11) is 0. The molecule has 0 unspecified atom stereocenters. The van der Waals surface area contributed by atoms with Crippen molar-refractivity contribution in [2.24, 2.45) is 0 Å². The molecule has 1 aromatic carbocycles. The van der Waals surface area contributed by atoms with Gasteiger partial charge in [-0.05, 0) is 39.8 Å². The molecule has 1 N–H and O–H groups in total. The molecule has 0 aliphatic rings. The molecule has 3 heteroatoms. The fraction of sp³-hybridized carbons (Fsp3) is 0.500. The second-order valence-electron chi connectivity index (χ2n) is 4.48. The average Bonchev–Trinajstić information content (AvgIpc) is 2.03. The lowest BCUT2D eigenvalue weighted by atomic mass is 9.89. The number of para-hydroxylation sites is 1. The Kier molecular flexibility index (Phi) is 4.41. The van der Waals surface area contributed by atoms with Gasteiger partial charge in [-0.2, -0.15) is 0 Å². The van der Waals surface area contributed by atoms with E-state index in [2.05, 4.69) is 0 Å². The lowest BCUT2D eigenvalue weighted by Crippen LogP contribution is -2.49. The van der Waals surface area contributed by atoms with Crippen molar-refractivity contribution in [2.75, 3.05) is 0 Å². The Hall–Kier alpha value is -0.955. The van der Waals surface area contributed by atoms with E-state index < -0.39 is 11.2 Å². The van der Waals surface area contributed by atoms with Crippen LogP contribution in [0.4, 0.5) is 0 Å². The monoisotopic (exact) mass is 208 g/mol. The van der Waals surface area contributed by atoms with Gasteiger partial charge in [0.15, 0.2) is 0 Å². The normalized spacial score (nSPS) is 11.8. The predicted octanol–water partition coefficient (Wildman–Crippen LogP) is 1.43. The zero-order valence-corrected chi connectivity index (χ0v) is 9.24. The number of aliphatic hydroxyl groups is 1. The number of hydrogen-bond donors (Lipinski definition) is 1. The Morgan fingerprint density at radius 1 is 1.00 bits per heavy atom. The van der Waals surface area contributed by atoms with Gasteiger partial charge in [0.25, 0.3) is 0 Å². The summed E-state index contributed by atoms with van der Waals surface area (Å²) in [5, 5.41) is 9.88. The van der Waals surface area contributed by atoms with E-state index in [9.17, 15) is 5.11 Å². The molecular weight excluding hydrogens is 187 g/mol. The third kappa shape index (κ3) is 3.59. The van der Waals surface area contributed by atoms with Crippen LogP contribution in [0.3, 0.4) is 0 Å². The van der Waals surface area contributed by atoms with E-state index in [1.54, 1.807) is 13.8 Å². The molecule has 15 heavy (non-hydrogen) atoms. The Labute approximate surface area is 93.9 Å². The van der Waals surface area contributed by atoms with Crippen molar-refractivity contribution in [2.45, 2.75) is 38.9 Å². The van der Waals surface area contributed by atoms with Crippen LogP contribution in [-0.4, -0.2) is 24.7 Å². The number of rotatable bonds is 3. The minimum atomic E-state index is -0.872. The molecule has 0 aliphatic carbocycles. The Balaban J connectivity index is 0.00000196. The predicted molar refractivity (Wildman–Crippen MR) is 67.4 cm³/mol. The van der Waals surface area contributed by atoms with Crippen LogP contribution in [0.1, 0.15) is 27.7 Å². The smallest absolute Gasteiger partial charge is 0.131 e. The molecule has 0 spiro atoms. The van der Waals surface area contributed by atoms with Crippen molar-refractivity contribution in [3.8, 4) is 5.75 Å². The fourth-order valence-corrected chi connectivity index (χ4v) is 0.908. The molecular formula is C12H21BO2. The highest BCUT2D eigenvalue weighted by molar-refractivity contribution is 5.75. The van der Waals surface area contributed by atoms with Crippen molar-refractivity contribution in [1.82, 2.24) is 0 Å². The second kappa shape index (κ2) is 4.71. The summed E-state index contributed by atoms with van der Waals surface area (Å²) < 4.78 is 5.72. The number of benzene rings is 1. The highest BCUT2D eigenvalue weighted by Crippen LogP contribution is 2.27. The van der Waals surface area contributed by atoms with Gasteiger partial charge < -0.3 is 9.84 Å². The summed E-state index contributed by atoms with van der Waals surface area (Å²) in [6, 6.07) is 9.52. The maximum absolute atomic E-state index is 9.88. The molecule has 0 fully saturated rings. The van der Waals surface area contributed by atoms with Crippen molar-refractivity contribution in [3.63, 3.8) is 0 Å². The first-order chi connectivity index (χ1) is 6.33. The van der Waals surface area contributed by atoms with Crippen molar-refractivity contribution < 1.29 is 9.84 Å². The topological polar surface area (TPSA) is 29.5 Å². The lowest BCUT2D eigenvalue weighted by Gasteiger charge is -2.37. The van der Waals surface area contributed by atoms with Gasteiger partial charge in [-0.25, -0.2) is 0 Å². The van der Waals surface area contributed by atoms with Crippen LogP contribution in [0.25, 0.3) is 0 Å². The molecule has 1 rings (SSSR count). The molecule has 0 saturated carbocycles. The quantitative estimate of drug-likeness (QED) is 0.761. The zero-order chi connectivity index (χ0) is 10.8. The van der Waals surface area contributed by atoms with E-state index in [-0.39, 0.29) is 8.41 Å². The van der Waals surface area contributed by atoms with Crippen molar-refractivity contribution in [1.29, 1.82) is 0 Å². The first-order valence-corrected chi connectivity index (χ1v) is 4.79. The van der Waals surface area contributed by atoms with Gasteiger partial charge in [-0.15, -0.1) is 0 Å². The molecule has 0 bridgehead atoms. The van der Waals surface area contributed by atoms with Gasteiger partial charge in [0.2, 0.25) is 0 Å². The molecule has 0 atom stereocenters. The van der Waals surface area contributed by atoms with Crippen LogP contribution in [0.5, 0.6) is 5.75 Å². The van der Waals surface area contributed by atoms with Crippen LogP contribution in [0.15, 0.2) is 30.3 Å². The van der Waals surface area contributed by atoms with Gasteiger partial charge in [0.05, 0.1) is 14.0 Å². The standard InChI is InChI=1S/C12H18O2.BH3/c1-11(2,13)12(3,4)14-10-8-6-5-7-9-10;/h5-9,13H,1-4H3;1H3. The SMILES string of the molecule is B.CC(C)(O)C(C)(C)Oc1ccccc1. The Morgan fingerprint density at radius 2 is 1.47 bits per heavy atom. The third-order valence-electron chi connectivity index (χ3n) is 2.59. The summed E-state index contributed by atoms with van der Waals surface area (Å²) >= 11 is 0. The first-order valence-electron chi connectivity index (χ1n) is 4.79. The summed E-state index contributed by atoms with van der Waals surface area (Å²) in [4.78, 5) is 0. The summed E-state index contributed by atoms with van der Waals surface area (Å²) in [5.41, 5.74) is -1.48. The van der Waals surface area contributed by atoms with Crippen molar-refractivity contribution >= 4 is 8.41 Å². The van der Waals surface area contributed by atoms with E-state index >= 15 is 0 Å². The third-order valence-corrected chi connectivity index (χ3v) is 2.59. The minimum absolute atomic E-state index is 0. The van der Waals surface area contributed by atoms with E-state index in [1.807, 2.05) is 44.2 Å². The van der Waals surface area contributed by atoms with Crippen LogP contribution >= 0.6 is 0 Å². The largest absolute Gasteiger partial charge is 0.485 e. The number of hydrogen-bond acceptors (Lipinski definition) is 2. The van der Waals surface area contributed by atoms with Gasteiger partial charge in [-0.3, -0.25) is 0 Å². The van der Waals surface area contributed by atoms with Crippen LogP contribution < -0.4 is 4.74 Å². The van der Waals surface area contributed by atoms with Gasteiger partial charge >= 0.3 is 0 Å². The summed E-state index contributed by atoms with van der Waals surface area (Å²) in [6.45, 7) is 7.24. The van der Waals surface area contributed by atoms with Crippen LogP contribution in [0.2, 0.25) is 0 Å². The molecule has 84 valence electrons. The fourth-order valence-electron chi connectivity index (χ4n) is 0.908. The average molecular weight is 208 g/mol. The molecule has 0 heterocycles. The summed E-state index contributed by atoms with van der Waals surface area (Å²) in [5.74, 6) is 0.777. The van der Waals surface area contributed by atoms with Gasteiger partial charge in [-0.1, -0.05) is 18.2 Å². The Morgan fingerprint density at radius 3 is 1.87 bits per heavy atom.